The zero-order valence-electron chi connectivity index (χ0n) is 10.7. The molecule has 0 radical (unpaired) electrons. The van der Waals surface area contributed by atoms with Crippen LogP contribution in [0.2, 0.25) is 0 Å². The van der Waals surface area contributed by atoms with E-state index in [4.69, 9.17) is 0 Å². The maximum atomic E-state index is 11.9. The van der Waals surface area contributed by atoms with Crippen molar-refractivity contribution in [2.45, 2.75) is 0 Å². The smallest absolute Gasteiger partial charge is 0.256 e. The van der Waals surface area contributed by atoms with E-state index in [9.17, 15) is 9.59 Å². The van der Waals surface area contributed by atoms with Gasteiger partial charge in [-0.1, -0.05) is 6.07 Å². The summed E-state index contributed by atoms with van der Waals surface area (Å²) in [6.45, 7) is 0. The first-order valence-electron chi connectivity index (χ1n) is 5.73. The van der Waals surface area contributed by atoms with Crippen molar-refractivity contribution in [3.63, 3.8) is 0 Å². The Morgan fingerprint density at radius 3 is 2.58 bits per heavy atom. The number of benzene rings is 1. The van der Waals surface area contributed by atoms with Crippen LogP contribution in [0.4, 0.5) is 5.69 Å². The molecule has 0 bridgehead atoms. The number of carbonyl (C=O) groups is 2. The number of carbonyl (C=O) groups excluding carboxylic acids is 2. The second-order valence-corrected chi connectivity index (χ2v) is 5.03. The zero-order valence-corrected chi connectivity index (χ0v) is 11.5. The summed E-state index contributed by atoms with van der Waals surface area (Å²) < 4.78 is 0. The van der Waals surface area contributed by atoms with Crippen molar-refractivity contribution in [2.24, 2.45) is 0 Å². The van der Waals surface area contributed by atoms with E-state index in [2.05, 4.69) is 5.32 Å². The van der Waals surface area contributed by atoms with E-state index in [1.807, 2.05) is 5.38 Å². The fourth-order valence-corrected chi connectivity index (χ4v) is 2.22. The summed E-state index contributed by atoms with van der Waals surface area (Å²) in [7, 11) is 3.39. The van der Waals surface area contributed by atoms with Gasteiger partial charge in [-0.25, -0.2) is 0 Å². The molecule has 0 atom stereocenters. The highest BCUT2D eigenvalue weighted by Gasteiger charge is 2.10. The summed E-state index contributed by atoms with van der Waals surface area (Å²) in [4.78, 5) is 25.2. The van der Waals surface area contributed by atoms with Gasteiger partial charge in [-0.05, 0) is 29.6 Å². The molecule has 1 aromatic heterocycles. The molecular weight excluding hydrogens is 260 g/mol. The van der Waals surface area contributed by atoms with E-state index < -0.39 is 0 Å². The van der Waals surface area contributed by atoms with E-state index >= 15 is 0 Å². The van der Waals surface area contributed by atoms with Gasteiger partial charge in [0.15, 0.2) is 0 Å². The Bertz CT molecular complexity index is 591. The van der Waals surface area contributed by atoms with Gasteiger partial charge in [-0.3, -0.25) is 9.59 Å². The van der Waals surface area contributed by atoms with Crippen molar-refractivity contribution in [1.82, 2.24) is 4.90 Å². The van der Waals surface area contributed by atoms with Crippen LogP contribution in [0.15, 0.2) is 41.1 Å². The van der Waals surface area contributed by atoms with Crippen LogP contribution in [-0.4, -0.2) is 30.8 Å². The predicted octanol–water partition coefficient (Wildman–Crippen LogP) is 2.70. The maximum absolute atomic E-state index is 11.9. The van der Waals surface area contributed by atoms with Crippen LogP contribution in [0.25, 0.3) is 0 Å². The second-order valence-electron chi connectivity index (χ2n) is 4.25. The largest absolute Gasteiger partial charge is 0.345 e. The topological polar surface area (TPSA) is 49.4 Å². The average molecular weight is 274 g/mol. The number of nitrogens with zero attached hydrogens (tertiary/aromatic N) is 1. The minimum atomic E-state index is -0.171. The van der Waals surface area contributed by atoms with Gasteiger partial charge in [0, 0.05) is 30.7 Å². The fourth-order valence-electron chi connectivity index (χ4n) is 1.59. The molecular formula is C14H14N2O2S. The van der Waals surface area contributed by atoms with Gasteiger partial charge in [0.25, 0.3) is 11.8 Å². The number of amides is 2. The Balaban J connectivity index is 2.16. The van der Waals surface area contributed by atoms with Crippen LogP contribution in [0.5, 0.6) is 0 Å². The van der Waals surface area contributed by atoms with E-state index in [0.29, 0.717) is 16.8 Å². The Hall–Kier alpha value is -2.14. The summed E-state index contributed by atoms with van der Waals surface area (Å²) in [6.07, 6.45) is 0. The number of rotatable bonds is 3. The minimum Gasteiger partial charge on any atom is -0.345 e. The van der Waals surface area contributed by atoms with Gasteiger partial charge < -0.3 is 10.2 Å². The molecule has 19 heavy (non-hydrogen) atoms. The van der Waals surface area contributed by atoms with Crippen molar-refractivity contribution in [3.05, 3.63) is 52.2 Å². The normalized spacial score (nSPS) is 10.0. The molecule has 0 spiro atoms. The Labute approximate surface area is 115 Å². The quantitative estimate of drug-likeness (QED) is 0.935. The van der Waals surface area contributed by atoms with Crippen LogP contribution >= 0.6 is 11.3 Å². The summed E-state index contributed by atoms with van der Waals surface area (Å²) in [6, 6.07) is 8.67. The lowest BCUT2D eigenvalue weighted by Crippen LogP contribution is -2.21. The van der Waals surface area contributed by atoms with Gasteiger partial charge >= 0.3 is 0 Å². The number of anilines is 1. The highest BCUT2D eigenvalue weighted by atomic mass is 32.1. The predicted molar refractivity (Wildman–Crippen MR) is 76.7 cm³/mol. The molecule has 0 aliphatic heterocycles. The molecule has 2 rings (SSSR count). The number of hydrogen-bond acceptors (Lipinski definition) is 3. The van der Waals surface area contributed by atoms with Crippen LogP contribution < -0.4 is 5.32 Å². The third-order valence-electron chi connectivity index (χ3n) is 2.56. The van der Waals surface area contributed by atoms with Crippen molar-refractivity contribution in [1.29, 1.82) is 0 Å². The van der Waals surface area contributed by atoms with E-state index in [-0.39, 0.29) is 11.8 Å². The first-order valence-corrected chi connectivity index (χ1v) is 6.67. The van der Waals surface area contributed by atoms with Crippen molar-refractivity contribution < 1.29 is 9.59 Å². The van der Waals surface area contributed by atoms with Crippen molar-refractivity contribution in [2.75, 3.05) is 19.4 Å². The molecule has 0 aliphatic carbocycles. The van der Waals surface area contributed by atoms with Crippen LogP contribution in [0, 0.1) is 0 Å². The molecule has 0 unspecified atom stereocenters. The first kappa shape index (κ1) is 13.3. The number of thiophene rings is 1. The van der Waals surface area contributed by atoms with Crippen molar-refractivity contribution in [3.8, 4) is 0 Å². The molecule has 5 heteroatoms. The van der Waals surface area contributed by atoms with Gasteiger partial charge in [0.05, 0.1) is 5.56 Å². The molecule has 98 valence electrons. The maximum Gasteiger partial charge on any atom is 0.256 e. The molecule has 0 fully saturated rings. The molecule has 1 heterocycles. The second kappa shape index (κ2) is 5.67. The standard InChI is InChI=1S/C14H14N2O2S/c1-16(2)14(18)10-4-3-5-12(8-10)15-13(17)11-6-7-19-9-11/h3-9H,1-2H3,(H,15,17). The summed E-state index contributed by atoms with van der Waals surface area (Å²) in [5.41, 5.74) is 1.78. The van der Waals surface area contributed by atoms with E-state index in [1.165, 1.54) is 16.2 Å². The number of hydrogen-bond donors (Lipinski definition) is 1. The molecule has 2 aromatic rings. The summed E-state index contributed by atoms with van der Waals surface area (Å²) in [5.74, 6) is -0.262. The summed E-state index contributed by atoms with van der Waals surface area (Å²) >= 11 is 1.47. The third-order valence-corrected chi connectivity index (χ3v) is 3.24. The highest BCUT2D eigenvalue weighted by Crippen LogP contribution is 2.14. The Morgan fingerprint density at radius 2 is 1.95 bits per heavy atom. The van der Waals surface area contributed by atoms with E-state index in [1.54, 1.807) is 49.8 Å². The average Bonchev–Trinajstić information content (AvgIpc) is 2.92. The molecule has 1 aromatic carbocycles. The highest BCUT2D eigenvalue weighted by molar-refractivity contribution is 7.08. The third kappa shape index (κ3) is 3.20. The van der Waals surface area contributed by atoms with E-state index in [0.717, 1.165) is 0 Å². The number of nitrogens with one attached hydrogen (secondary N) is 1. The van der Waals surface area contributed by atoms with Crippen LogP contribution in [-0.2, 0) is 0 Å². The first-order chi connectivity index (χ1) is 9.08. The lowest BCUT2D eigenvalue weighted by molar-refractivity contribution is 0.0827. The molecule has 0 saturated carbocycles. The van der Waals surface area contributed by atoms with Crippen molar-refractivity contribution >= 4 is 28.8 Å². The lowest BCUT2D eigenvalue weighted by atomic mass is 10.1. The molecule has 0 aliphatic rings. The monoisotopic (exact) mass is 274 g/mol. The summed E-state index contributed by atoms with van der Waals surface area (Å²) in [5, 5.41) is 6.41. The molecule has 4 nitrogen and oxygen atoms in total. The van der Waals surface area contributed by atoms with Crippen LogP contribution in [0.3, 0.4) is 0 Å². The zero-order chi connectivity index (χ0) is 13.8. The molecule has 1 N–H and O–H groups in total. The SMILES string of the molecule is CN(C)C(=O)c1cccc(NC(=O)c2ccsc2)c1. The fraction of sp³-hybridized carbons (Fsp3) is 0.143. The van der Waals surface area contributed by atoms with Gasteiger partial charge in [0.2, 0.25) is 0 Å². The Morgan fingerprint density at radius 1 is 1.16 bits per heavy atom. The molecule has 0 saturated heterocycles. The van der Waals surface area contributed by atoms with Gasteiger partial charge in [-0.2, -0.15) is 11.3 Å². The van der Waals surface area contributed by atoms with Gasteiger partial charge in [0.1, 0.15) is 0 Å². The van der Waals surface area contributed by atoms with Gasteiger partial charge in [-0.15, -0.1) is 0 Å². The molecule has 2 amide bonds. The minimum absolute atomic E-state index is 0.0911. The Kier molecular flexibility index (Phi) is 3.97. The van der Waals surface area contributed by atoms with Crippen LogP contribution in [0.1, 0.15) is 20.7 Å². The lowest BCUT2D eigenvalue weighted by Gasteiger charge is -2.11.